The minimum atomic E-state index is -0.709. The summed E-state index contributed by atoms with van der Waals surface area (Å²) in [5, 5.41) is 0. The first kappa shape index (κ1) is 18.3. The Hall–Kier alpha value is -3.54. The van der Waals surface area contributed by atoms with Gasteiger partial charge in [-0.2, -0.15) is 0 Å². The minimum Gasteiger partial charge on any atom is -0.497 e. The van der Waals surface area contributed by atoms with E-state index in [2.05, 4.69) is 0 Å². The highest BCUT2D eigenvalue weighted by atomic mass is 16.8. The topological polar surface area (TPSA) is 71.1 Å². The van der Waals surface area contributed by atoms with Gasteiger partial charge in [0.05, 0.1) is 7.11 Å². The Bertz CT molecular complexity index is 865. The molecular formula is C21H18O6. The molecule has 0 radical (unpaired) electrons. The molecule has 0 aliphatic carbocycles. The fourth-order valence-electron chi connectivity index (χ4n) is 2.49. The molecule has 0 bridgehead atoms. The number of hydrogen-bond donors (Lipinski definition) is 0. The van der Waals surface area contributed by atoms with E-state index in [1.54, 1.807) is 31.4 Å². The number of ether oxygens (including phenoxy) is 4. The highest BCUT2D eigenvalue weighted by Gasteiger charge is 2.18. The van der Waals surface area contributed by atoms with E-state index in [0.29, 0.717) is 16.9 Å². The van der Waals surface area contributed by atoms with Gasteiger partial charge in [-0.1, -0.05) is 30.3 Å². The van der Waals surface area contributed by atoms with Crippen molar-refractivity contribution in [3.05, 3.63) is 89.6 Å². The van der Waals surface area contributed by atoms with Crippen molar-refractivity contribution < 1.29 is 28.5 Å². The van der Waals surface area contributed by atoms with Crippen LogP contribution in [-0.2, 0) is 25.4 Å². The molecule has 0 aromatic heterocycles. The Morgan fingerprint density at radius 3 is 2.44 bits per heavy atom. The van der Waals surface area contributed by atoms with Crippen molar-refractivity contribution in [2.75, 3.05) is 13.9 Å². The maximum absolute atomic E-state index is 12.9. The van der Waals surface area contributed by atoms with E-state index in [1.165, 1.54) is 12.3 Å². The summed E-state index contributed by atoms with van der Waals surface area (Å²) >= 11 is 0. The number of carbonyl (C=O) groups is 2. The molecule has 0 saturated heterocycles. The molecular weight excluding hydrogens is 348 g/mol. The van der Waals surface area contributed by atoms with Gasteiger partial charge in [0, 0.05) is 23.6 Å². The van der Waals surface area contributed by atoms with E-state index in [-0.39, 0.29) is 24.9 Å². The average Bonchev–Trinajstić information content (AvgIpc) is 3.20. The Labute approximate surface area is 156 Å². The lowest BCUT2D eigenvalue weighted by Crippen LogP contribution is -2.11. The minimum absolute atomic E-state index is 0.00597. The third kappa shape index (κ3) is 4.98. The van der Waals surface area contributed by atoms with Crippen molar-refractivity contribution in [2.45, 2.75) is 6.42 Å². The van der Waals surface area contributed by atoms with Gasteiger partial charge in [-0.15, -0.1) is 0 Å². The van der Waals surface area contributed by atoms with Crippen molar-refractivity contribution >= 4 is 11.8 Å². The van der Waals surface area contributed by atoms with Gasteiger partial charge in [0.15, 0.2) is 12.0 Å². The highest BCUT2D eigenvalue weighted by Crippen LogP contribution is 2.18. The summed E-state index contributed by atoms with van der Waals surface area (Å²) < 4.78 is 19.9. The average molecular weight is 366 g/mol. The van der Waals surface area contributed by atoms with E-state index in [4.69, 9.17) is 18.9 Å². The number of allylic oxidation sites excluding steroid dienone is 1. The monoisotopic (exact) mass is 366 g/mol. The van der Waals surface area contributed by atoms with E-state index in [9.17, 15) is 9.59 Å². The van der Waals surface area contributed by atoms with Gasteiger partial charge in [0.1, 0.15) is 5.75 Å². The molecule has 2 aromatic rings. The number of benzene rings is 2. The number of methoxy groups -OCH3 is 1. The van der Waals surface area contributed by atoms with Crippen LogP contribution in [0.2, 0.25) is 0 Å². The molecule has 6 heteroatoms. The van der Waals surface area contributed by atoms with Crippen LogP contribution in [0.25, 0.3) is 0 Å². The maximum Gasteiger partial charge on any atom is 0.339 e. The van der Waals surface area contributed by atoms with Gasteiger partial charge < -0.3 is 18.9 Å². The predicted molar refractivity (Wildman–Crippen MR) is 96.8 cm³/mol. The van der Waals surface area contributed by atoms with Crippen LogP contribution in [0.1, 0.15) is 15.9 Å². The Kier molecular flexibility index (Phi) is 5.89. The van der Waals surface area contributed by atoms with Gasteiger partial charge in [-0.25, -0.2) is 4.79 Å². The second kappa shape index (κ2) is 8.71. The van der Waals surface area contributed by atoms with E-state index in [1.807, 2.05) is 30.3 Å². The molecule has 0 spiro atoms. The summed E-state index contributed by atoms with van der Waals surface area (Å²) in [6.45, 7) is -0.00597. The number of esters is 1. The summed E-state index contributed by atoms with van der Waals surface area (Å²) in [4.78, 5) is 25.1. The molecule has 1 aliphatic heterocycles. The lowest BCUT2D eigenvalue weighted by molar-refractivity contribution is -0.139. The van der Waals surface area contributed by atoms with Crippen LogP contribution >= 0.6 is 0 Å². The van der Waals surface area contributed by atoms with E-state index in [0.717, 1.165) is 5.56 Å². The van der Waals surface area contributed by atoms with Crippen LogP contribution in [0.4, 0.5) is 0 Å². The fourth-order valence-corrected chi connectivity index (χ4v) is 2.49. The molecule has 0 fully saturated rings. The second-order valence-electron chi connectivity index (χ2n) is 5.68. The number of ketones is 1. The van der Waals surface area contributed by atoms with Crippen LogP contribution in [0, 0.1) is 0 Å². The van der Waals surface area contributed by atoms with Crippen LogP contribution in [-0.4, -0.2) is 25.7 Å². The van der Waals surface area contributed by atoms with Crippen LogP contribution in [0.15, 0.2) is 78.5 Å². The number of rotatable bonds is 7. The van der Waals surface area contributed by atoms with E-state index < -0.39 is 5.97 Å². The first-order valence-electron chi connectivity index (χ1n) is 8.25. The molecule has 27 heavy (non-hydrogen) atoms. The van der Waals surface area contributed by atoms with Crippen LogP contribution in [0.3, 0.4) is 0 Å². The summed E-state index contributed by atoms with van der Waals surface area (Å²) in [6, 6.07) is 16.1. The molecule has 1 heterocycles. The zero-order valence-electron chi connectivity index (χ0n) is 14.7. The van der Waals surface area contributed by atoms with Gasteiger partial charge in [-0.3, -0.25) is 4.79 Å². The molecule has 138 valence electrons. The SMILES string of the molecule is COc1ccc(C(=O)C(=CC(=O)OC2=COCO2)Cc2ccccc2)cc1. The molecule has 0 saturated carbocycles. The summed E-state index contributed by atoms with van der Waals surface area (Å²) in [7, 11) is 1.55. The van der Waals surface area contributed by atoms with Crippen molar-refractivity contribution in [3.8, 4) is 5.75 Å². The van der Waals surface area contributed by atoms with Crippen molar-refractivity contribution in [1.29, 1.82) is 0 Å². The zero-order chi connectivity index (χ0) is 19.1. The standard InChI is InChI=1S/C21H18O6/c1-24-18-9-7-16(8-10-18)21(23)17(11-15-5-3-2-4-6-15)12-19(22)27-20-13-25-14-26-20/h2-10,12-13H,11,14H2,1H3. The predicted octanol–water partition coefficient (Wildman–Crippen LogP) is 3.39. The largest absolute Gasteiger partial charge is 0.497 e. The van der Waals surface area contributed by atoms with E-state index >= 15 is 0 Å². The molecule has 0 atom stereocenters. The van der Waals surface area contributed by atoms with Crippen molar-refractivity contribution in [2.24, 2.45) is 0 Å². The Morgan fingerprint density at radius 2 is 1.81 bits per heavy atom. The Balaban J connectivity index is 1.84. The molecule has 0 unspecified atom stereocenters. The summed E-state index contributed by atoms with van der Waals surface area (Å²) in [5.41, 5.74) is 1.65. The molecule has 2 aromatic carbocycles. The quantitative estimate of drug-likeness (QED) is 0.425. The first-order valence-corrected chi connectivity index (χ1v) is 8.25. The Morgan fingerprint density at radius 1 is 1.07 bits per heavy atom. The molecule has 1 aliphatic rings. The lowest BCUT2D eigenvalue weighted by atomic mass is 9.96. The maximum atomic E-state index is 12.9. The molecule has 0 amide bonds. The molecule has 3 rings (SSSR count). The zero-order valence-corrected chi connectivity index (χ0v) is 14.7. The second-order valence-corrected chi connectivity index (χ2v) is 5.68. The molecule has 6 nitrogen and oxygen atoms in total. The van der Waals surface area contributed by atoms with Crippen LogP contribution < -0.4 is 4.74 Å². The normalized spacial score (nSPS) is 13.2. The van der Waals surface area contributed by atoms with Crippen molar-refractivity contribution in [1.82, 2.24) is 0 Å². The fraction of sp³-hybridized carbons (Fsp3) is 0.143. The van der Waals surface area contributed by atoms with Crippen molar-refractivity contribution in [3.63, 3.8) is 0 Å². The highest BCUT2D eigenvalue weighted by molar-refractivity contribution is 6.11. The molecule has 0 N–H and O–H groups in total. The van der Waals surface area contributed by atoms with Gasteiger partial charge in [-0.05, 0) is 29.8 Å². The first-order chi connectivity index (χ1) is 13.2. The summed E-state index contributed by atoms with van der Waals surface area (Å²) in [5.74, 6) is -0.368. The summed E-state index contributed by atoms with van der Waals surface area (Å²) in [6.07, 6.45) is 2.67. The third-order valence-electron chi connectivity index (χ3n) is 3.82. The number of carbonyl (C=O) groups excluding carboxylic acids is 2. The lowest BCUT2D eigenvalue weighted by Gasteiger charge is -2.08. The smallest absolute Gasteiger partial charge is 0.339 e. The third-order valence-corrected chi connectivity index (χ3v) is 3.82. The number of Topliss-reactive ketones (excluding diaryl/α,β-unsaturated/α-hetero) is 1. The van der Waals surface area contributed by atoms with Gasteiger partial charge >= 0.3 is 11.9 Å². The van der Waals surface area contributed by atoms with Gasteiger partial charge in [0.25, 0.3) is 0 Å². The number of hydrogen-bond acceptors (Lipinski definition) is 6. The van der Waals surface area contributed by atoms with Crippen LogP contribution in [0.5, 0.6) is 5.75 Å². The van der Waals surface area contributed by atoms with Gasteiger partial charge in [0.2, 0.25) is 6.79 Å².